The fourth-order valence-electron chi connectivity index (χ4n) is 1.70. The van der Waals surface area contributed by atoms with E-state index in [-0.39, 0.29) is 0 Å². The molecular formula is C10H9N5. The first kappa shape index (κ1) is 8.16. The molecule has 0 amide bonds. The number of aliphatic imine (C=N–C) groups is 1. The molecule has 0 saturated carbocycles. The van der Waals surface area contributed by atoms with Crippen LogP contribution in [0.3, 0.4) is 0 Å². The number of para-hydroxylation sites is 1. The largest absolute Gasteiger partial charge is 0.381 e. The predicted molar refractivity (Wildman–Crippen MR) is 57.5 cm³/mol. The van der Waals surface area contributed by atoms with E-state index in [9.17, 15) is 0 Å². The van der Waals surface area contributed by atoms with Crippen molar-refractivity contribution in [3.63, 3.8) is 0 Å². The van der Waals surface area contributed by atoms with E-state index in [1.54, 1.807) is 6.21 Å². The zero-order valence-electron chi connectivity index (χ0n) is 7.96. The predicted octanol–water partition coefficient (Wildman–Crippen LogP) is 1.43. The molecule has 5 heteroatoms. The number of nitrogens with zero attached hydrogens (tertiary/aromatic N) is 4. The van der Waals surface area contributed by atoms with E-state index >= 15 is 0 Å². The molecule has 1 aromatic rings. The standard InChI is InChI=1S/C10H9N5/c11-9-10-14-13-6-15(10)8-4-2-1-3-7(8)5-12-9/h1-5H,6,11H2. The summed E-state index contributed by atoms with van der Waals surface area (Å²) in [6.45, 7) is 0.510. The normalized spacial score (nSPS) is 17.7. The van der Waals surface area contributed by atoms with Crippen LogP contribution in [0.2, 0.25) is 0 Å². The average molecular weight is 199 g/mol. The fourth-order valence-corrected chi connectivity index (χ4v) is 1.70. The third-order valence-corrected chi connectivity index (χ3v) is 2.43. The molecule has 2 N–H and O–H groups in total. The molecular weight excluding hydrogens is 190 g/mol. The highest BCUT2D eigenvalue weighted by atomic mass is 15.4. The van der Waals surface area contributed by atoms with Crippen molar-refractivity contribution in [1.29, 1.82) is 0 Å². The van der Waals surface area contributed by atoms with Crippen molar-refractivity contribution in [3.8, 4) is 0 Å². The first-order valence-electron chi connectivity index (χ1n) is 4.64. The van der Waals surface area contributed by atoms with Gasteiger partial charge in [-0.1, -0.05) is 18.2 Å². The molecule has 0 aliphatic carbocycles. The Labute approximate surface area is 86.6 Å². The Kier molecular flexibility index (Phi) is 1.58. The summed E-state index contributed by atoms with van der Waals surface area (Å²) in [6.07, 6.45) is 1.76. The highest BCUT2D eigenvalue weighted by Gasteiger charge is 2.23. The summed E-state index contributed by atoms with van der Waals surface area (Å²) in [5.41, 5.74) is 7.86. The van der Waals surface area contributed by atoms with Gasteiger partial charge in [-0.05, 0) is 6.07 Å². The van der Waals surface area contributed by atoms with E-state index in [1.165, 1.54) is 0 Å². The monoisotopic (exact) mass is 199 g/mol. The van der Waals surface area contributed by atoms with Crippen LogP contribution in [-0.2, 0) is 0 Å². The second-order valence-corrected chi connectivity index (χ2v) is 3.34. The Morgan fingerprint density at radius 3 is 3.07 bits per heavy atom. The lowest BCUT2D eigenvalue weighted by Crippen LogP contribution is -2.20. The van der Waals surface area contributed by atoms with E-state index in [0.29, 0.717) is 18.3 Å². The van der Waals surface area contributed by atoms with Crippen molar-refractivity contribution >= 4 is 11.9 Å². The van der Waals surface area contributed by atoms with Crippen LogP contribution in [0, 0.1) is 0 Å². The van der Waals surface area contributed by atoms with E-state index < -0.39 is 0 Å². The van der Waals surface area contributed by atoms with Crippen LogP contribution >= 0.6 is 0 Å². The zero-order valence-corrected chi connectivity index (χ0v) is 7.96. The van der Waals surface area contributed by atoms with Gasteiger partial charge >= 0.3 is 0 Å². The van der Waals surface area contributed by atoms with Crippen LogP contribution < -0.4 is 10.6 Å². The highest BCUT2D eigenvalue weighted by Crippen LogP contribution is 2.30. The van der Waals surface area contributed by atoms with Crippen molar-refractivity contribution in [2.75, 3.05) is 11.6 Å². The van der Waals surface area contributed by atoms with E-state index in [2.05, 4.69) is 15.2 Å². The molecule has 0 aromatic heterocycles. The Morgan fingerprint density at radius 1 is 1.27 bits per heavy atom. The lowest BCUT2D eigenvalue weighted by Gasteiger charge is -2.17. The van der Waals surface area contributed by atoms with Crippen LogP contribution in [0.15, 0.2) is 51.1 Å². The molecule has 0 radical (unpaired) electrons. The third-order valence-electron chi connectivity index (χ3n) is 2.43. The second-order valence-electron chi connectivity index (χ2n) is 3.34. The molecule has 5 nitrogen and oxygen atoms in total. The van der Waals surface area contributed by atoms with Crippen LogP contribution in [-0.4, -0.2) is 12.9 Å². The van der Waals surface area contributed by atoms with Gasteiger partial charge in [-0.2, -0.15) is 5.11 Å². The molecule has 0 saturated heterocycles. The van der Waals surface area contributed by atoms with Gasteiger partial charge in [0, 0.05) is 11.8 Å². The van der Waals surface area contributed by atoms with Crippen molar-refractivity contribution in [1.82, 2.24) is 0 Å². The molecule has 2 aliphatic heterocycles. The molecule has 15 heavy (non-hydrogen) atoms. The lowest BCUT2D eigenvalue weighted by molar-refractivity contribution is 0.987. The molecule has 2 heterocycles. The molecule has 0 atom stereocenters. The summed E-state index contributed by atoms with van der Waals surface area (Å²) in [4.78, 5) is 6.10. The summed E-state index contributed by atoms with van der Waals surface area (Å²) in [7, 11) is 0. The first-order valence-corrected chi connectivity index (χ1v) is 4.64. The number of azo groups is 1. The summed E-state index contributed by atoms with van der Waals surface area (Å²) in [6, 6.07) is 7.95. The molecule has 0 fully saturated rings. The number of anilines is 1. The van der Waals surface area contributed by atoms with Gasteiger partial charge in [-0.3, -0.25) is 4.90 Å². The third kappa shape index (κ3) is 1.13. The van der Waals surface area contributed by atoms with Crippen LogP contribution in [0.5, 0.6) is 0 Å². The van der Waals surface area contributed by atoms with Gasteiger partial charge in [0.05, 0.1) is 5.69 Å². The summed E-state index contributed by atoms with van der Waals surface area (Å²) in [5.74, 6) is 1.05. The minimum absolute atomic E-state index is 0.410. The quantitative estimate of drug-likeness (QED) is 0.686. The highest BCUT2D eigenvalue weighted by molar-refractivity contribution is 5.90. The molecule has 0 spiro atoms. The maximum Gasteiger partial charge on any atom is 0.199 e. The van der Waals surface area contributed by atoms with Gasteiger partial charge < -0.3 is 5.73 Å². The minimum atomic E-state index is 0.410. The number of rotatable bonds is 0. The Balaban J connectivity index is 2.23. The Morgan fingerprint density at radius 2 is 2.13 bits per heavy atom. The molecule has 3 rings (SSSR count). The van der Waals surface area contributed by atoms with Crippen molar-refractivity contribution < 1.29 is 0 Å². The second kappa shape index (κ2) is 2.91. The Bertz CT molecular complexity index is 500. The van der Waals surface area contributed by atoms with E-state index in [1.807, 2.05) is 29.2 Å². The smallest absolute Gasteiger partial charge is 0.199 e. The molecule has 0 bridgehead atoms. The SMILES string of the molecule is NC1=C2N=NCN2c2ccccc2C=N1. The maximum absolute atomic E-state index is 5.79. The van der Waals surface area contributed by atoms with Crippen LogP contribution in [0.4, 0.5) is 5.69 Å². The van der Waals surface area contributed by atoms with Gasteiger partial charge in [-0.15, -0.1) is 5.11 Å². The van der Waals surface area contributed by atoms with Gasteiger partial charge in [-0.25, -0.2) is 4.99 Å². The average Bonchev–Trinajstić information content (AvgIpc) is 2.71. The number of nitrogens with two attached hydrogens (primary N) is 1. The van der Waals surface area contributed by atoms with E-state index in [4.69, 9.17) is 5.73 Å². The lowest BCUT2D eigenvalue weighted by atomic mass is 10.2. The first-order chi connectivity index (χ1) is 7.36. The zero-order chi connectivity index (χ0) is 10.3. The van der Waals surface area contributed by atoms with E-state index in [0.717, 1.165) is 11.3 Å². The van der Waals surface area contributed by atoms with Gasteiger partial charge in [0.25, 0.3) is 0 Å². The fraction of sp³-hybridized carbons (Fsp3) is 0.100. The molecule has 74 valence electrons. The van der Waals surface area contributed by atoms with Crippen molar-refractivity contribution in [3.05, 3.63) is 41.5 Å². The summed E-state index contributed by atoms with van der Waals surface area (Å²) >= 11 is 0. The molecule has 1 aromatic carbocycles. The Hall–Kier alpha value is -2.17. The maximum atomic E-state index is 5.79. The summed E-state index contributed by atoms with van der Waals surface area (Å²) < 4.78 is 0. The van der Waals surface area contributed by atoms with Crippen molar-refractivity contribution in [2.24, 2.45) is 21.0 Å². The number of fused-ring (bicyclic) bond motifs is 3. The van der Waals surface area contributed by atoms with Crippen molar-refractivity contribution in [2.45, 2.75) is 0 Å². The van der Waals surface area contributed by atoms with Crippen LogP contribution in [0.1, 0.15) is 5.56 Å². The molecule has 0 unspecified atom stereocenters. The number of benzene rings is 1. The van der Waals surface area contributed by atoms with Crippen LogP contribution in [0.25, 0.3) is 0 Å². The topological polar surface area (TPSA) is 66.3 Å². The number of hydrogen-bond acceptors (Lipinski definition) is 5. The number of hydrogen-bond donors (Lipinski definition) is 1. The minimum Gasteiger partial charge on any atom is -0.381 e. The van der Waals surface area contributed by atoms with Gasteiger partial charge in [0.1, 0.15) is 6.67 Å². The van der Waals surface area contributed by atoms with Gasteiger partial charge in [0.2, 0.25) is 0 Å². The summed E-state index contributed by atoms with van der Waals surface area (Å²) in [5, 5.41) is 7.95. The molecule has 2 aliphatic rings. The van der Waals surface area contributed by atoms with Gasteiger partial charge in [0.15, 0.2) is 11.6 Å².